The number of hydrogen-bond donors (Lipinski definition) is 1. The van der Waals surface area contributed by atoms with Crippen molar-refractivity contribution in [1.82, 2.24) is 25.0 Å². The van der Waals surface area contributed by atoms with Gasteiger partial charge in [0.2, 0.25) is 0 Å². The normalized spacial score (nSPS) is 10.8. The van der Waals surface area contributed by atoms with Crippen molar-refractivity contribution in [3.05, 3.63) is 59.0 Å². The Bertz CT molecular complexity index is 1130. The molecule has 0 atom stereocenters. The lowest BCUT2D eigenvalue weighted by Gasteiger charge is -2.08. The lowest BCUT2D eigenvalue weighted by Crippen LogP contribution is -2.10. The largest absolute Gasteiger partial charge is 0.491 e. The van der Waals surface area contributed by atoms with Crippen LogP contribution in [0.3, 0.4) is 0 Å². The highest BCUT2D eigenvalue weighted by atomic mass is 16.5. The third kappa shape index (κ3) is 2.67. The molecule has 0 unspecified atom stereocenters. The Morgan fingerprint density at radius 1 is 1.08 bits per heavy atom. The number of H-pyrrole nitrogens is 1. The maximum absolute atomic E-state index is 12.5. The molecule has 8 heteroatoms. The standard InChI is InChI=1S/C18H15N5O3/c1-25-15-9-11-8-13(17(24)19-16(11)20-18(15)26-2)14-10-23(22-21-14)12-6-4-3-5-7-12/h3-10H,1-2H3,(H,19,20,24). The van der Waals surface area contributed by atoms with E-state index in [0.29, 0.717) is 33.9 Å². The highest BCUT2D eigenvalue weighted by Gasteiger charge is 2.14. The zero-order valence-electron chi connectivity index (χ0n) is 14.1. The predicted octanol–water partition coefficient (Wildman–Crippen LogP) is 2.19. The van der Waals surface area contributed by atoms with Crippen LogP contribution in [0.2, 0.25) is 0 Å². The van der Waals surface area contributed by atoms with E-state index >= 15 is 0 Å². The summed E-state index contributed by atoms with van der Waals surface area (Å²) >= 11 is 0. The van der Waals surface area contributed by atoms with E-state index in [-0.39, 0.29) is 5.56 Å². The summed E-state index contributed by atoms with van der Waals surface area (Å²) in [6.45, 7) is 0. The summed E-state index contributed by atoms with van der Waals surface area (Å²) < 4.78 is 12.1. The van der Waals surface area contributed by atoms with Crippen molar-refractivity contribution >= 4 is 11.0 Å². The summed E-state index contributed by atoms with van der Waals surface area (Å²) in [5.41, 5.74) is 1.82. The van der Waals surface area contributed by atoms with Gasteiger partial charge in [0.15, 0.2) is 5.75 Å². The van der Waals surface area contributed by atoms with Crippen LogP contribution in [-0.2, 0) is 0 Å². The van der Waals surface area contributed by atoms with Crippen LogP contribution in [0.5, 0.6) is 11.6 Å². The number of para-hydroxylation sites is 1. The Morgan fingerprint density at radius 3 is 2.62 bits per heavy atom. The van der Waals surface area contributed by atoms with Crippen molar-refractivity contribution in [3.8, 4) is 28.6 Å². The van der Waals surface area contributed by atoms with Gasteiger partial charge in [0.25, 0.3) is 11.4 Å². The number of methoxy groups -OCH3 is 2. The number of nitrogens with one attached hydrogen (secondary N) is 1. The maximum Gasteiger partial charge on any atom is 0.259 e. The molecular weight excluding hydrogens is 334 g/mol. The third-order valence-corrected chi connectivity index (χ3v) is 3.96. The second-order valence-corrected chi connectivity index (χ2v) is 5.53. The van der Waals surface area contributed by atoms with E-state index in [2.05, 4.69) is 20.3 Å². The van der Waals surface area contributed by atoms with Gasteiger partial charge in [-0.1, -0.05) is 23.4 Å². The van der Waals surface area contributed by atoms with E-state index < -0.39 is 0 Å². The van der Waals surface area contributed by atoms with Crippen molar-refractivity contribution in [2.24, 2.45) is 0 Å². The molecule has 0 fully saturated rings. The molecule has 1 aromatic carbocycles. The molecule has 0 aliphatic heterocycles. The van der Waals surface area contributed by atoms with Crippen LogP contribution in [0.15, 0.2) is 53.5 Å². The van der Waals surface area contributed by atoms with E-state index in [1.54, 1.807) is 23.0 Å². The summed E-state index contributed by atoms with van der Waals surface area (Å²) in [6, 6.07) is 13.0. The third-order valence-electron chi connectivity index (χ3n) is 3.96. The molecule has 0 radical (unpaired) electrons. The molecule has 0 aliphatic rings. The van der Waals surface area contributed by atoms with Crippen molar-refractivity contribution in [2.75, 3.05) is 14.2 Å². The fourth-order valence-electron chi connectivity index (χ4n) is 2.68. The lowest BCUT2D eigenvalue weighted by molar-refractivity contribution is 0.344. The molecule has 130 valence electrons. The molecule has 0 saturated carbocycles. The van der Waals surface area contributed by atoms with Gasteiger partial charge in [0.1, 0.15) is 11.3 Å². The van der Waals surface area contributed by atoms with E-state index in [0.717, 1.165) is 5.69 Å². The van der Waals surface area contributed by atoms with Crippen LogP contribution >= 0.6 is 0 Å². The number of nitrogens with zero attached hydrogens (tertiary/aromatic N) is 4. The van der Waals surface area contributed by atoms with Crippen molar-refractivity contribution in [3.63, 3.8) is 0 Å². The average Bonchev–Trinajstić information content (AvgIpc) is 3.17. The summed E-state index contributed by atoms with van der Waals surface area (Å²) in [6.07, 6.45) is 1.71. The zero-order valence-corrected chi connectivity index (χ0v) is 14.1. The SMILES string of the molecule is COc1cc2cc(-c3cn(-c4ccccc4)nn3)c(=O)[nH]c2nc1OC. The van der Waals surface area contributed by atoms with Gasteiger partial charge in [-0.25, -0.2) is 4.68 Å². The zero-order chi connectivity index (χ0) is 18.1. The van der Waals surface area contributed by atoms with Crippen LogP contribution in [0.25, 0.3) is 28.0 Å². The van der Waals surface area contributed by atoms with Gasteiger partial charge in [-0.3, -0.25) is 4.79 Å². The van der Waals surface area contributed by atoms with Gasteiger partial charge in [0.05, 0.1) is 31.7 Å². The minimum atomic E-state index is -0.308. The Labute approximate surface area is 148 Å². The predicted molar refractivity (Wildman–Crippen MR) is 95.8 cm³/mol. The molecule has 0 saturated heterocycles. The summed E-state index contributed by atoms with van der Waals surface area (Å²) in [5, 5.41) is 8.92. The Morgan fingerprint density at radius 2 is 1.88 bits per heavy atom. The molecule has 0 spiro atoms. The molecule has 8 nitrogen and oxygen atoms in total. The number of fused-ring (bicyclic) bond motifs is 1. The minimum Gasteiger partial charge on any atom is -0.491 e. The quantitative estimate of drug-likeness (QED) is 0.607. The number of hydrogen-bond acceptors (Lipinski definition) is 6. The molecular formula is C18H15N5O3. The van der Waals surface area contributed by atoms with Crippen LogP contribution in [0.1, 0.15) is 0 Å². The first-order chi connectivity index (χ1) is 12.7. The fourth-order valence-corrected chi connectivity index (χ4v) is 2.68. The number of aromatic amines is 1. The lowest BCUT2D eigenvalue weighted by atomic mass is 10.1. The van der Waals surface area contributed by atoms with Crippen LogP contribution in [-0.4, -0.2) is 39.2 Å². The minimum absolute atomic E-state index is 0.304. The van der Waals surface area contributed by atoms with Gasteiger partial charge in [-0.15, -0.1) is 5.10 Å². The smallest absolute Gasteiger partial charge is 0.259 e. The first kappa shape index (κ1) is 15.8. The molecule has 3 heterocycles. The van der Waals surface area contributed by atoms with Crippen LogP contribution in [0.4, 0.5) is 0 Å². The number of pyridine rings is 2. The van der Waals surface area contributed by atoms with Gasteiger partial charge in [-0.05, 0) is 24.3 Å². The van der Waals surface area contributed by atoms with E-state index in [9.17, 15) is 4.79 Å². The Balaban J connectivity index is 1.83. The van der Waals surface area contributed by atoms with Gasteiger partial charge < -0.3 is 14.5 Å². The molecule has 4 aromatic rings. The highest BCUT2D eigenvalue weighted by Crippen LogP contribution is 2.28. The maximum atomic E-state index is 12.5. The van der Waals surface area contributed by atoms with Gasteiger partial charge >= 0.3 is 0 Å². The van der Waals surface area contributed by atoms with Gasteiger partial charge in [-0.2, -0.15) is 4.98 Å². The van der Waals surface area contributed by atoms with E-state index in [1.807, 2.05) is 30.3 Å². The van der Waals surface area contributed by atoms with Crippen LogP contribution in [0, 0.1) is 0 Å². The summed E-state index contributed by atoms with van der Waals surface area (Å²) in [7, 11) is 3.02. The molecule has 1 N–H and O–H groups in total. The van der Waals surface area contributed by atoms with Crippen molar-refractivity contribution in [2.45, 2.75) is 0 Å². The second kappa shape index (κ2) is 6.32. The van der Waals surface area contributed by atoms with Crippen molar-refractivity contribution in [1.29, 1.82) is 0 Å². The van der Waals surface area contributed by atoms with Gasteiger partial charge in [0, 0.05) is 5.39 Å². The summed E-state index contributed by atoms with van der Waals surface area (Å²) in [5.74, 6) is 0.782. The van der Waals surface area contributed by atoms with Crippen molar-refractivity contribution < 1.29 is 9.47 Å². The number of ether oxygens (including phenoxy) is 2. The monoisotopic (exact) mass is 349 g/mol. The second-order valence-electron chi connectivity index (χ2n) is 5.53. The molecule has 0 aliphatic carbocycles. The first-order valence-electron chi connectivity index (χ1n) is 7.84. The number of benzene rings is 1. The topological polar surface area (TPSA) is 94.9 Å². The average molecular weight is 349 g/mol. The highest BCUT2D eigenvalue weighted by molar-refractivity contribution is 5.82. The van der Waals surface area contributed by atoms with Crippen LogP contribution < -0.4 is 15.0 Å². The molecule has 0 amide bonds. The molecule has 26 heavy (non-hydrogen) atoms. The first-order valence-corrected chi connectivity index (χ1v) is 7.84. The molecule has 0 bridgehead atoms. The Kier molecular flexibility index (Phi) is 3.85. The molecule has 3 aromatic heterocycles. The molecule has 4 rings (SSSR count). The summed E-state index contributed by atoms with van der Waals surface area (Å²) in [4.78, 5) is 19.5. The fraction of sp³-hybridized carbons (Fsp3) is 0.111. The Hall–Kier alpha value is -3.68. The number of aromatic nitrogens is 5. The number of rotatable bonds is 4. The van der Waals surface area contributed by atoms with E-state index in [4.69, 9.17) is 9.47 Å². The van der Waals surface area contributed by atoms with E-state index in [1.165, 1.54) is 14.2 Å².